The lowest BCUT2D eigenvalue weighted by atomic mass is 9.94. The standard InChI is InChI=1S/C16H20N4O/c1-2-21-16(18)11-5-3-6-12(9-11)20-15-8-4-7-14(17)13(15)10-19-20/h3,5-6,9-10,14,18H,2,4,7-8,17H2,1H3. The molecule has 21 heavy (non-hydrogen) atoms. The SMILES string of the molecule is CCOC(=N)c1cccc(-n2ncc3c2CCCC3N)c1. The minimum atomic E-state index is 0.0902. The Morgan fingerprint density at radius 2 is 2.38 bits per heavy atom. The summed E-state index contributed by atoms with van der Waals surface area (Å²) < 4.78 is 7.21. The Morgan fingerprint density at radius 1 is 1.52 bits per heavy atom. The van der Waals surface area contributed by atoms with Gasteiger partial charge in [-0.05, 0) is 44.4 Å². The molecule has 0 saturated heterocycles. The second kappa shape index (κ2) is 5.69. The molecule has 0 amide bonds. The lowest BCUT2D eigenvalue weighted by molar-refractivity contribution is 0.325. The minimum absolute atomic E-state index is 0.0902. The lowest BCUT2D eigenvalue weighted by Crippen LogP contribution is -2.18. The van der Waals surface area contributed by atoms with Crippen LogP contribution in [0.1, 0.15) is 42.6 Å². The van der Waals surface area contributed by atoms with Crippen LogP contribution in [0.3, 0.4) is 0 Å². The Balaban J connectivity index is 1.98. The van der Waals surface area contributed by atoms with Crippen LogP contribution in [0.4, 0.5) is 0 Å². The van der Waals surface area contributed by atoms with E-state index >= 15 is 0 Å². The van der Waals surface area contributed by atoms with Gasteiger partial charge < -0.3 is 10.5 Å². The molecule has 1 atom stereocenters. The second-order valence-corrected chi connectivity index (χ2v) is 5.27. The van der Waals surface area contributed by atoms with Crippen LogP contribution in [-0.4, -0.2) is 22.3 Å². The fourth-order valence-electron chi connectivity index (χ4n) is 2.82. The number of nitrogens with two attached hydrogens (primary N) is 1. The highest BCUT2D eigenvalue weighted by Gasteiger charge is 2.22. The van der Waals surface area contributed by atoms with Gasteiger partial charge in [0.05, 0.1) is 18.5 Å². The Bertz CT molecular complexity index is 662. The van der Waals surface area contributed by atoms with Crippen molar-refractivity contribution in [2.75, 3.05) is 6.61 Å². The molecule has 5 nitrogen and oxygen atoms in total. The molecule has 1 aromatic heterocycles. The minimum Gasteiger partial charge on any atom is -0.478 e. The van der Waals surface area contributed by atoms with E-state index < -0.39 is 0 Å². The Morgan fingerprint density at radius 3 is 3.19 bits per heavy atom. The van der Waals surface area contributed by atoms with Crippen molar-refractivity contribution in [2.24, 2.45) is 5.73 Å². The molecular formula is C16H20N4O. The molecule has 1 aromatic carbocycles. The Labute approximate surface area is 124 Å². The summed E-state index contributed by atoms with van der Waals surface area (Å²) >= 11 is 0. The van der Waals surface area contributed by atoms with Crippen molar-refractivity contribution >= 4 is 5.90 Å². The summed E-state index contributed by atoms with van der Waals surface area (Å²) in [5.41, 5.74) is 10.2. The molecule has 1 aliphatic carbocycles. The summed E-state index contributed by atoms with van der Waals surface area (Å²) in [6.07, 6.45) is 4.98. The van der Waals surface area contributed by atoms with Crippen molar-refractivity contribution < 1.29 is 4.74 Å². The molecule has 0 spiro atoms. The Kier molecular flexibility index (Phi) is 3.75. The highest BCUT2D eigenvalue weighted by atomic mass is 16.5. The van der Waals surface area contributed by atoms with Crippen molar-refractivity contribution in [1.82, 2.24) is 9.78 Å². The predicted octanol–water partition coefficient (Wildman–Crippen LogP) is 2.57. The highest BCUT2D eigenvalue weighted by Crippen LogP contribution is 2.29. The lowest BCUT2D eigenvalue weighted by Gasteiger charge is -2.19. The monoisotopic (exact) mass is 284 g/mol. The summed E-state index contributed by atoms with van der Waals surface area (Å²) in [5.74, 6) is 0.192. The van der Waals surface area contributed by atoms with Gasteiger partial charge in [-0.2, -0.15) is 5.10 Å². The molecule has 1 heterocycles. The van der Waals surface area contributed by atoms with E-state index in [2.05, 4.69) is 5.10 Å². The summed E-state index contributed by atoms with van der Waals surface area (Å²) in [6, 6.07) is 7.83. The second-order valence-electron chi connectivity index (χ2n) is 5.27. The average molecular weight is 284 g/mol. The third-order valence-electron chi connectivity index (χ3n) is 3.87. The maximum Gasteiger partial charge on any atom is 0.213 e. The molecule has 1 aliphatic rings. The van der Waals surface area contributed by atoms with Crippen LogP contribution in [0.15, 0.2) is 30.5 Å². The number of fused-ring (bicyclic) bond motifs is 1. The van der Waals surface area contributed by atoms with E-state index in [1.165, 1.54) is 5.69 Å². The number of benzene rings is 1. The zero-order valence-corrected chi connectivity index (χ0v) is 12.2. The van der Waals surface area contributed by atoms with Crippen LogP contribution in [0, 0.1) is 5.41 Å². The third kappa shape index (κ3) is 2.56. The van der Waals surface area contributed by atoms with Gasteiger partial charge in [-0.15, -0.1) is 0 Å². The van der Waals surface area contributed by atoms with Crippen LogP contribution < -0.4 is 5.73 Å². The Hall–Kier alpha value is -2.14. The molecule has 0 radical (unpaired) electrons. The van der Waals surface area contributed by atoms with Crippen molar-refractivity contribution in [3.8, 4) is 5.69 Å². The van der Waals surface area contributed by atoms with Gasteiger partial charge in [0.1, 0.15) is 0 Å². The van der Waals surface area contributed by atoms with E-state index in [1.807, 2.05) is 42.1 Å². The topological polar surface area (TPSA) is 76.9 Å². The molecule has 0 bridgehead atoms. The number of rotatable bonds is 3. The molecule has 3 rings (SSSR count). The number of nitrogens with one attached hydrogen (secondary N) is 1. The maximum absolute atomic E-state index is 7.90. The summed E-state index contributed by atoms with van der Waals surface area (Å²) in [4.78, 5) is 0. The van der Waals surface area contributed by atoms with E-state index in [4.69, 9.17) is 15.9 Å². The van der Waals surface area contributed by atoms with E-state index in [1.54, 1.807) is 0 Å². The van der Waals surface area contributed by atoms with Gasteiger partial charge in [-0.25, -0.2) is 4.68 Å². The first-order valence-electron chi connectivity index (χ1n) is 7.35. The van der Waals surface area contributed by atoms with Gasteiger partial charge in [0.15, 0.2) is 0 Å². The van der Waals surface area contributed by atoms with Crippen LogP contribution in [-0.2, 0) is 11.2 Å². The van der Waals surface area contributed by atoms with Gasteiger partial charge >= 0.3 is 0 Å². The predicted molar refractivity (Wildman–Crippen MR) is 81.9 cm³/mol. The first-order chi connectivity index (χ1) is 10.2. The van der Waals surface area contributed by atoms with Gasteiger partial charge in [-0.1, -0.05) is 6.07 Å². The molecule has 1 unspecified atom stereocenters. The van der Waals surface area contributed by atoms with E-state index in [9.17, 15) is 0 Å². The molecule has 0 saturated carbocycles. The highest BCUT2D eigenvalue weighted by molar-refractivity contribution is 5.92. The van der Waals surface area contributed by atoms with Crippen molar-refractivity contribution in [3.63, 3.8) is 0 Å². The fraction of sp³-hybridized carbons (Fsp3) is 0.375. The van der Waals surface area contributed by atoms with Crippen molar-refractivity contribution in [3.05, 3.63) is 47.3 Å². The van der Waals surface area contributed by atoms with Crippen LogP contribution in [0.2, 0.25) is 0 Å². The molecule has 2 aromatic rings. The summed E-state index contributed by atoms with van der Waals surface area (Å²) in [7, 11) is 0. The van der Waals surface area contributed by atoms with Gasteiger partial charge in [0.2, 0.25) is 5.90 Å². The first kappa shape index (κ1) is 13.8. The van der Waals surface area contributed by atoms with E-state index in [0.29, 0.717) is 6.61 Å². The van der Waals surface area contributed by atoms with Crippen LogP contribution in [0.5, 0.6) is 0 Å². The average Bonchev–Trinajstić information content (AvgIpc) is 2.93. The van der Waals surface area contributed by atoms with Crippen molar-refractivity contribution in [1.29, 1.82) is 5.41 Å². The summed E-state index contributed by atoms with van der Waals surface area (Å²) in [5, 5.41) is 12.4. The summed E-state index contributed by atoms with van der Waals surface area (Å²) in [6.45, 7) is 2.37. The molecular weight excluding hydrogens is 264 g/mol. The normalized spacial score (nSPS) is 17.3. The molecule has 110 valence electrons. The number of hydrogen-bond acceptors (Lipinski definition) is 4. The van der Waals surface area contributed by atoms with Gasteiger partial charge in [0.25, 0.3) is 0 Å². The maximum atomic E-state index is 7.90. The molecule has 0 aliphatic heterocycles. The van der Waals surface area contributed by atoms with E-state index in [-0.39, 0.29) is 11.9 Å². The first-order valence-corrected chi connectivity index (χ1v) is 7.35. The number of aromatic nitrogens is 2. The molecule has 5 heteroatoms. The number of nitrogens with zero attached hydrogens (tertiary/aromatic N) is 2. The molecule has 3 N–H and O–H groups in total. The molecule has 0 fully saturated rings. The number of hydrogen-bond donors (Lipinski definition) is 2. The van der Waals surface area contributed by atoms with Crippen LogP contribution >= 0.6 is 0 Å². The van der Waals surface area contributed by atoms with Crippen molar-refractivity contribution in [2.45, 2.75) is 32.2 Å². The zero-order chi connectivity index (χ0) is 14.8. The van der Waals surface area contributed by atoms with Crippen LogP contribution in [0.25, 0.3) is 5.69 Å². The van der Waals surface area contributed by atoms with E-state index in [0.717, 1.165) is 36.1 Å². The largest absolute Gasteiger partial charge is 0.478 e. The fourth-order valence-corrected chi connectivity index (χ4v) is 2.82. The smallest absolute Gasteiger partial charge is 0.213 e. The quantitative estimate of drug-likeness (QED) is 0.671. The third-order valence-corrected chi connectivity index (χ3v) is 3.87. The number of ether oxygens (including phenoxy) is 1. The van der Waals surface area contributed by atoms with Gasteiger partial charge in [-0.3, -0.25) is 5.41 Å². The zero-order valence-electron chi connectivity index (χ0n) is 12.2. The van der Waals surface area contributed by atoms with Gasteiger partial charge in [0, 0.05) is 22.9 Å².